The van der Waals surface area contributed by atoms with Gasteiger partial charge in [0.15, 0.2) is 11.2 Å². The number of phosphoric acid groups is 1. The summed E-state index contributed by atoms with van der Waals surface area (Å²) in [5.41, 5.74) is 5.78. The van der Waals surface area contributed by atoms with Gasteiger partial charge in [-0.05, 0) is 25.2 Å². The lowest BCUT2D eigenvalue weighted by molar-refractivity contribution is -0.220. The van der Waals surface area contributed by atoms with Crippen molar-refractivity contribution in [3.63, 3.8) is 0 Å². The van der Waals surface area contributed by atoms with E-state index in [1.165, 1.54) is 6.33 Å². The monoisotopic (exact) mass is 328 g/mol. The van der Waals surface area contributed by atoms with Crippen LogP contribution in [0.15, 0.2) is 11.1 Å². The molecule has 120 valence electrons. The Hall–Kier alpha value is -1.74. The second-order valence-electron chi connectivity index (χ2n) is 5.37. The topological polar surface area (TPSA) is 159 Å². The van der Waals surface area contributed by atoms with Crippen LogP contribution in [0.1, 0.15) is 25.3 Å². The van der Waals surface area contributed by atoms with Crippen LogP contribution in [0.5, 0.6) is 0 Å². The van der Waals surface area contributed by atoms with Gasteiger partial charge in [-0.25, -0.2) is 4.98 Å². The van der Waals surface area contributed by atoms with Crippen LogP contribution in [0.3, 0.4) is 0 Å². The fourth-order valence-corrected chi connectivity index (χ4v) is 3.26. The van der Waals surface area contributed by atoms with Crippen LogP contribution < -0.4 is 16.2 Å². The van der Waals surface area contributed by atoms with E-state index in [2.05, 4.69) is 19.5 Å². The lowest BCUT2D eigenvalue weighted by atomic mass is 10.1. The van der Waals surface area contributed by atoms with Gasteiger partial charge in [0.05, 0.1) is 12.9 Å². The minimum absolute atomic E-state index is 0.00350. The number of hydrogen-bond acceptors (Lipinski definition) is 7. The van der Waals surface area contributed by atoms with E-state index in [0.717, 1.165) is 12.8 Å². The van der Waals surface area contributed by atoms with Gasteiger partial charge in [-0.15, -0.1) is 0 Å². The molecule has 2 aromatic heterocycles. The third-order valence-electron chi connectivity index (χ3n) is 3.83. The van der Waals surface area contributed by atoms with Crippen LogP contribution >= 0.6 is 7.82 Å². The number of aromatic amines is 1. The average Bonchev–Trinajstić information content (AvgIpc) is 3.01. The summed E-state index contributed by atoms with van der Waals surface area (Å²) in [5.74, 6) is 0.0147. The highest BCUT2D eigenvalue weighted by atomic mass is 31.2. The van der Waals surface area contributed by atoms with Gasteiger partial charge in [-0.3, -0.25) is 14.3 Å². The first kappa shape index (κ1) is 15.2. The molecule has 1 unspecified atom stereocenters. The summed E-state index contributed by atoms with van der Waals surface area (Å²) in [6.45, 7) is -0.0590. The zero-order chi connectivity index (χ0) is 15.9. The SMILES string of the molecule is Nc1nc2c(ncn2[C@H]2CC[C@@H](COP(=O)([O-])O)C2)c(=O)[nH]1. The predicted molar refractivity (Wildman–Crippen MR) is 74.7 cm³/mol. The lowest BCUT2D eigenvalue weighted by Crippen LogP contribution is -2.14. The highest BCUT2D eigenvalue weighted by molar-refractivity contribution is 7.44. The highest BCUT2D eigenvalue weighted by Crippen LogP contribution is 2.39. The summed E-state index contributed by atoms with van der Waals surface area (Å²) < 4.78 is 16.9. The number of nitrogens with one attached hydrogen (secondary N) is 1. The van der Waals surface area contributed by atoms with Crippen molar-refractivity contribution in [2.45, 2.75) is 25.3 Å². The van der Waals surface area contributed by atoms with Crippen molar-refractivity contribution in [2.75, 3.05) is 12.3 Å². The zero-order valence-corrected chi connectivity index (χ0v) is 12.4. The number of aromatic nitrogens is 4. The minimum atomic E-state index is -4.69. The molecule has 3 atom stereocenters. The maximum absolute atomic E-state index is 11.7. The molecule has 0 spiro atoms. The number of hydrogen-bond donors (Lipinski definition) is 3. The Morgan fingerprint density at radius 2 is 2.36 bits per heavy atom. The van der Waals surface area contributed by atoms with Crippen molar-refractivity contribution in [2.24, 2.45) is 5.92 Å². The number of phosphoric ester groups is 1. The Balaban J connectivity index is 1.79. The van der Waals surface area contributed by atoms with Crippen molar-refractivity contribution in [1.29, 1.82) is 0 Å². The molecule has 0 aromatic carbocycles. The fourth-order valence-electron chi connectivity index (χ4n) is 2.86. The second-order valence-corrected chi connectivity index (χ2v) is 6.57. The summed E-state index contributed by atoms with van der Waals surface area (Å²) in [5, 5.41) is 0. The number of rotatable bonds is 4. The molecule has 0 saturated heterocycles. The smallest absolute Gasteiger partial charge is 0.280 e. The first-order valence-electron chi connectivity index (χ1n) is 6.74. The molecular formula is C11H15N5O5P-. The number of nitrogens with two attached hydrogens (primary N) is 1. The molecule has 0 aliphatic heterocycles. The third-order valence-corrected chi connectivity index (χ3v) is 4.31. The molecule has 10 nitrogen and oxygen atoms in total. The molecule has 2 aromatic rings. The van der Waals surface area contributed by atoms with E-state index in [4.69, 9.17) is 10.6 Å². The number of imidazole rings is 1. The molecule has 1 aliphatic rings. The normalized spacial score (nSPS) is 24.6. The van der Waals surface area contributed by atoms with E-state index in [-0.39, 0.29) is 30.0 Å². The summed E-state index contributed by atoms with van der Waals surface area (Å²) in [6.07, 6.45) is 3.68. The van der Waals surface area contributed by atoms with Crippen molar-refractivity contribution < 1.29 is 18.9 Å². The molecule has 0 bridgehead atoms. The fraction of sp³-hybridized carbons (Fsp3) is 0.545. The highest BCUT2D eigenvalue weighted by Gasteiger charge is 2.28. The molecular weight excluding hydrogens is 313 g/mol. The van der Waals surface area contributed by atoms with Gasteiger partial charge in [-0.1, -0.05) is 0 Å². The van der Waals surface area contributed by atoms with Crippen LogP contribution in [0.2, 0.25) is 0 Å². The van der Waals surface area contributed by atoms with Crippen LogP contribution in [0, 0.1) is 5.92 Å². The maximum Gasteiger partial charge on any atom is 0.280 e. The first-order chi connectivity index (χ1) is 10.3. The second kappa shape index (κ2) is 5.47. The van der Waals surface area contributed by atoms with Gasteiger partial charge in [0.25, 0.3) is 13.4 Å². The van der Waals surface area contributed by atoms with Crippen molar-refractivity contribution in [3.8, 4) is 0 Å². The van der Waals surface area contributed by atoms with Crippen molar-refractivity contribution in [1.82, 2.24) is 19.5 Å². The third kappa shape index (κ3) is 3.05. The van der Waals surface area contributed by atoms with E-state index >= 15 is 0 Å². The Morgan fingerprint density at radius 1 is 1.59 bits per heavy atom. The molecule has 1 fully saturated rings. The van der Waals surface area contributed by atoms with E-state index in [1.54, 1.807) is 4.57 Å². The van der Waals surface area contributed by atoms with E-state index in [1.807, 2.05) is 0 Å². The quantitative estimate of drug-likeness (QED) is 0.634. The van der Waals surface area contributed by atoms with Crippen LogP contribution in [-0.4, -0.2) is 31.0 Å². The van der Waals surface area contributed by atoms with Crippen molar-refractivity contribution in [3.05, 3.63) is 16.7 Å². The Bertz CT molecular complexity index is 796. The number of anilines is 1. The number of nitrogens with zero attached hydrogens (tertiary/aromatic N) is 3. The van der Waals surface area contributed by atoms with Crippen LogP contribution in [0.4, 0.5) is 5.95 Å². The molecule has 2 heterocycles. The number of nitrogen functional groups attached to an aromatic ring is 1. The van der Waals surface area contributed by atoms with Crippen LogP contribution in [-0.2, 0) is 9.09 Å². The predicted octanol–water partition coefficient (Wildman–Crippen LogP) is -0.480. The van der Waals surface area contributed by atoms with Gasteiger partial charge in [0.1, 0.15) is 0 Å². The van der Waals surface area contributed by atoms with E-state index in [0.29, 0.717) is 12.1 Å². The van der Waals surface area contributed by atoms with Gasteiger partial charge < -0.3 is 24.6 Å². The molecule has 1 saturated carbocycles. The zero-order valence-electron chi connectivity index (χ0n) is 11.5. The molecule has 4 N–H and O–H groups in total. The lowest BCUT2D eigenvalue weighted by Gasteiger charge is -2.18. The van der Waals surface area contributed by atoms with Gasteiger partial charge in [-0.2, -0.15) is 4.98 Å². The largest absolute Gasteiger partial charge is 0.756 e. The average molecular weight is 328 g/mol. The Labute approximate surface area is 124 Å². The maximum atomic E-state index is 11.7. The standard InChI is InChI=1S/C11H16N5O5P/c12-11-14-9-8(10(17)15-11)13-5-16(9)7-2-1-6(3-7)4-21-22(18,19)20/h5-7H,1-4H2,(H2,18,19,20)(H3,12,14,15,17)/p-1/t6-,7+/m1/s1. The number of fused-ring (bicyclic) bond motifs is 1. The number of H-pyrrole nitrogens is 1. The summed E-state index contributed by atoms with van der Waals surface area (Å²) in [6, 6.07) is 0.0250. The molecule has 3 rings (SSSR count). The molecule has 11 heteroatoms. The van der Waals surface area contributed by atoms with E-state index in [9.17, 15) is 14.3 Å². The van der Waals surface area contributed by atoms with Gasteiger partial charge in [0.2, 0.25) is 5.95 Å². The van der Waals surface area contributed by atoms with E-state index < -0.39 is 13.4 Å². The van der Waals surface area contributed by atoms with Gasteiger partial charge in [0, 0.05) is 6.04 Å². The molecule has 22 heavy (non-hydrogen) atoms. The Kier molecular flexibility index (Phi) is 3.77. The summed E-state index contributed by atoms with van der Waals surface area (Å²) in [7, 11) is -4.69. The molecule has 0 amide bonds. The summed E-state index contributed by atoms with van der Waals surface area (Å²) >= 11 is 0. The minimum Gasteiger partial charge on any atom is -0.756 e. The van der Waals surface area contributed by atoms with Crippen molar-refractivity contribution >= 4 is 24.9 Å². The van der Waals surface area contributed by atoms with Crippen LogP contribution in [0.25, 0.3) is 11.2 Å². The molecule has 1 aliphatic carbocycles. The summed E-state index contributed by atoms with van der Waals surface area (Å²) in [4.78, 5) is 41.5. The Morgan fingerprint density at radius 3 is 3.09 bits per heavy atom. The van der Waals surface area contributed by atoms with Gasteiger partial charge >= 0.3 is 0 Å². The molecule has 0 radical (unpaired) electrons. The first-order valence-corrected chi connectivity index (χ1v) is 8.23.